The van der Waals surface area contributed by atoms with Crippen molar-refractivity contribution in [1.29, 1.82) is 0 Å². The van der Waals surface area contributed by atoms with Gasteiger partial charge in [0.2, 0.25) is 0 Å². The van der Waals surface area contributed by atoms with Crippen molar-refractivity contribution in [3.05, 3.63) is 29.1 Å². The number of benzene rings is 1. The normalized spacial score (nSPS) is 16.4. The third-order valence-electron chi connectivity index (χ3n) is 3.71. The first-order valence-electron chi connectivity index (χ1n) is 6.37. The average Bonchev–Trinajstić information content (AvgIpc) is 2.92. The lowest BCUT2D eigenvalue weighted by molar-refractivity contribution is 0.471. The van der Waals surface area contributed by atoms with Gasteiger partial charge in [0.15, 0.2) is 5.82 Å². The first-order chi connectivity index (χ1) is 8.98. The summed E-state index contributed by atoms with van der Waals surface area (Å²) in [5.41, 5.74) is 8.87. The summed E-state index contributed by atoms with van der Waals surface area (Å²) in [6, 6.07) is 3.87. The minimum Gasteiger partial charge on any atom is -0.430 e. The van der Waals surface area contributed by atoms with Crippen molar-refractivity contribution in [2.24, 2.45) is 0 Å². The van der Waals surface area contributed by atoms with Crippen molar-refractivity contribution < 1.29 is 4.74 Å². The van der Waals surface area contributed by atoms with Gasteiger partial charge >= 0.3 is 0 Å². The maximum atomic E-state index is 5.87. The number of anilines is 1. The van der Waals surface area contributed by atoms with Crippen LogP contribution in [-0.2, 0) is 5.41 Å². The molecular formula is C14H17N3OS. The Bertz CT molecular complexity index is 632. The summed E-state index contributed by atoms with van der Waals surface area (Å²) in [6.07, 6.45) is 2.34. The van der Waals surface area contributed by atoms with Gasteiger partial charge in [-0.05, 0) is 49.9 Å². The molecule has 0 spiro atoms. The van der Waals surface area contributed by atoms with Crippen LogP contribution in [0.5, 0.6) is 10.9 Å². The molecule has 1 aliphatic carbocycles. The molecule has 2 aromatic rings. The van der Waals surface area contributed by atoms with Crippen molar-refractivity contribution >= 4 is 17.2 Å². The lowest BCUT2D eigenvalue weighted by Crippen LogP contribution is -2.01. The Morgan fingerprint density at radius 3 is 2.68 bits per heavy atom. The third kappa shape index (κ3) is 2.30. The fourth-order valence-corrected chi connectivity index (χ4v) is 2.60. The Morgan fingerprint density at radius 2 is 2.00 bits per heavy atom. The zero-order chi connectivity index (χ0) is 13.6. The Kier molecular flexibility index (Phi) is 2.74. The van der Waals surface area contributed by atoms with E-state index in [1.165, 1.54) is 24.4 Å². The molecule has 0 atom stereocenters. The molecule has 0 radical (unpaired) electrons. The molecule has 0 bridgehead atoms. The molecule has 19 heavy (non-hydrogen) atoms. The molecule has 1 saturated carbocycles. The van der Waals surface area contributed by atoms with E-state index in [4.69, 9.17) is 10.5 Å². The van der Waals surface area contributed by atoms with Crippen molar-refractivity contribution in [2.45, 2.75) is 39.0 Å². The van der Waals surface area contributed by atoms with Gasteiger partial charge in [-0.25, -0.2) is 0 Å². The molecule has 1 aromatic carbocycles. The Balaban J connectivity index is 1.85. The number of nitrogen functional groups attached to an aromatic ring is 1. The van der Waals surface area contributed by atoms with Crippen molar-refractivity contribution in [1.82, 2.24) is 9.36 Å². The molecule has 1 aromatic heterocycles. The fourth-order valence-electron chi connectivity index (χ4n) is 1.92. The molecule has 5 heteroatoms. The van der Waals surface area contributed by atoms with E-state index in [-0.39, 0.29) is 5.41 Å². The van der Waals surface area contributed by atoms with Crippen LogP contribution >= 0.6 is 11.5 Å². The highest BCUT2D eigenvalue weighted by Gasteiger charge is 2.43. The molecular weight excluding hydrogens is 258 g/mol. The summed E-state index contributed by atoms with van der Waals surface area (Å²) in [6.45, 7) is 6.14. The smallest absolute Gasteiger partial charge is 0.298 e. The van der Waals surface area contributed by atoms with Crippen LogP contribution in [0.25, 0.3) is 0 Å². The summed E-state index contributed by atoms with van der Waals surface area (Å²) in [5, 5.41) is 0.607. The van der Waals surface area contributed by atoms with Crippen LogP contribution in [0, 0.1) is 13.8 Å². The summed E-state index contributed by atoms with van der Waals surface area (Å²) in [5.74, 6) is 1.72. The highest BCUT2D eigenvalue weighted by Crippen LogP contribution is 2.47. The van der Waals surface area contributed by atoms with Gasteiger partial charge < -0.3 is 10.5 Å². The molecule has 0 aliphatic heterocycles. The van der Waals surface area contributed by atoms with Crippen molar-refractivity contribution in [3.63, 3.8) is 0 Å². The second kappa shape index (κ2) is 4.20. The van der Waals surface area contributed by atoms with Crippen LogP contribution in [0.4, 0.5) is 5.69 Å². The average molecular weight is 275 g/mol. The summed E-state index contributed by atoms with van der Waals surface area (Å²) < 4.78 is 10.2. The van der Waals surface area contributed by atoms with Crippen LogP contribution in [0.1, 0.15) is 36.7 Å². The van der Waals surface area contributed by atoms with Crippen LogP contribution < -0.4 is 10.5 Å². The molecule has 1 heterocycles. The molecule has 3 rings (SSSR count). The van der Waals surface area contributed by atoms with E-state index in [1.807, 2.05) is 26.0 Å². The highest BCUT2D eigenvalue weighted by molar-refractivity contribution is 7.07. The van der Waals surface area contributed by atoms with Crippen molar-refractivity contribution in [3.8, 4) is 10.9 Å². The van der Waals surface area contributed by atoms with Gasteiger partial charge in [-0.2, -0.15) is 9.36 Å². The van der Waals surface area contributed by atoms with Gasteiger partial charge in [0.05, 0.1) is 0 Å². The molecule has 100 valence electrons. The number of nitrogens with two attached hydrogens (primary N) is 1. The minimum atomic E-state index is 0.185. The summed E-state index contributed by atoms with van der Waals surface area (Å²) in [7, 11) is 0. The molecule has 1 aliphatic rings. The summed E-state index contributed by atoms with van der Waals surface area (Å²) in [4.78, 5) is 4.49. The standard InChI is InChI=1S/C14H17N3OS/c1-8-7-11(9(2)6-10(8)15)18-13-16-12(17-19-13)14(3)4-5-14/h6-7H,4-5,15H2,1-3H3. The first-order valence-corrected chi connectivity index (χ1v) is 7.14. The molecule has 0 saturated heterocycles. The van der Waals surface area contributed by atoms with Crippen LogP contribution in [0.3, 0.4) is 0 Å². The van der Waals surface area contributed by atoms with Crippen molar-refractivity contribution in [2.75, 3.05) is 5.73 Å². The molecule has 2 N–H and O–H groups in total. The van der Waals surface area contributed by atoms with E-state index in [9.17, 15) is 0 Å². The first kappa shape index (κ1) is 12.4. The Morgan fingerprint density at radius 1 is 1.26 bits per heavy atom. The quantitative estimate of drug-likeness (QED) is 0.870. The molecule has 0 amide bonds. The lowest BCUT2D eigenvalue weighted by atomic mass is 10.1. The zero-order valence-electron chi connectivity index (χ0n) is 11.4. The second-order valence-corrected chi connectivity index (χ2v) is 6.24. The van der Waals surface area contributed by atoms with E-state index in [1.54, 1.807) is 0 Å². The van der Waals surface area contributed by atoms with Gasteiger partial charge in [0, 0.05) is 22.6 Å². The van der Waals surface area contributed by atoms with E-state index >= 15 is 0 Å². The van der Waals surface area contributed by atoms with E-state index in [0.717, 1.165) is 28.4 Å². The highest BCUT2D eigenvalue weighted by atomic mass is 32.1. The minimum absolute atomic E-state index is 0.185. The van der Waals surface area contributed by atoms with E-state index in [2.05, 4.69) is 16.3 Å². The topological polar surface area (TPSA) is 61.0 Å². The maximum absolute atomic E-state index is 5.87. The Hall–Kier alpha value is -1.62. The predicted molar refractivity (Wildman–Crippen MR) is 76.9 cm³/mol. The van der Waals surface area contributed by atoms with Gasteiger partial charge in [0.1, 0.15) is 5.75 Å². The Labute approximate surface area is 116 Å². The monoisotopic (exact) mass is 275 g/mol. The number of rotatable bonds is 3. The molecule has 0 unspecified atom stereocenters. The van der Waals surface area contributed by atoms with Gasteiger partial charge in [0.25, 0.3) is 5.19 Å². The van der Waals surface area contributed by atoms with Crippen LogP contribution in [0.15, 0.2) is 12.1 Å². The van der Waals surface area contributed by atoms with Gasteiger partial charge in [-0.15, -0.1) is 0 Å². The van der Waals surface area contributed by atoms with Gasteiger partial charge in [-0.1, -0.05) is 6.92 Å². The predicted octanol–water partition coefficient (Wildman–Crippen LogP) is 3.58. The third-order valence-corrected chi connectivity index (χ3v) is 4.30. The largest absolute Gasteiger partial charge is 0.430 e. The fraction of sp³-hybridized carbons (Fsp3) is 0.429. The van der Waals surface area contributed by atoms with Gasteiger partial charge in [-0.3, -0.25) is 0 Å². The molecule has 4 nitrogen and oxygen atoms in total. The number of aryl methyl sites for hydroxylation is 2. The van der Waals surface area contributed by atoms with E-state index in [0.29, 0.717) is 5.19 Å². The number of aromatic nitrogens is 2. The zero-order valence-corrected chi connectivity index (χ0v) is 12.2. The van der Waals surface area contributed by atoms with E-state index < -0.39 is 0 Å². The summed E-state index contributed by atoms with van der Waals surface area (Å²) >= 11 is 1.32. The van der Waals surface area contributed by atoms with Crippen LogP contribution in [0.2, 0.25) is 0 Å². The lowest BCUT2D eigenvalue weighted by Gasteiger charge is -2.08. The second-order valence-electron chi connectivity index (χ2n) is 5.52. The maximum Gasteiger partial charge on any atom is 0.298 e. The number of hydrogen-bond donors (Lipinski definition) is 1. The number of ether oxygens (including phenoxy) is 1. The van der Waals surface area contributed by atoms with Crippen LogP contribution in [-0.4, -0.2) is 9.36 Å². The number of hydrogen-bond acceptors (Lipinski definition) is 5. The number of nitrogens with zero attached hydrogens (tertiary/aromatic N) is 2. The SMILES string of the molecule is Cc1cc(Oc2nc(C3(C)CC3)ns2)c(C)cc1N. The molecule has 1 fully saturated rings.